The maximum atomic E-state index is 3.83. The summed E-state index contributed by atoms with van der Waals surface area (Å²) in [6.45, 7) is 6.01. The number of rotatable bonds is 5. The van der Waals surface area contributed by atoms with E-state index in [9.17, 15) is 0 Å². The third kappa shape index (κ3) is 7.47. The van der Waals surface area contributed by atoms with Gasteiger partial charge in [-0.1, -0.05) is 38.2 Å². The van der Waals surface area contributed by atoms with Crippen molar-refractivity contribution in [2.75, 3.05) is 6.26 Å². The fourth-order valence-corrected chi connectivity index (χ4v) is 0.787. The molecule has 0 saturated heterocycles. The molecule has 0 fully saturated rings. The van der Waals surface area contributed by atoms with E-state index < -0.39 is 0 Å². The zero-order chi connectivity index (χ0) is 8.53. The molecule has 0 aliphatic heterocycles. The van der Waals surface area contributed by atoms with E-state index in [-0.39, 0.29) is 0 Å². The lowest BCUT2D eigenvalue weighted by Crippen LogP contribution is -1.62. The summed E-state index contributed by atoms with van der Waals surface area (Å²) >= 11 is 1.67. The topological polar surface area (TPSA) is 0 Å². The fourth-order valence-electron chi connectivity index (χ4n) is 0.572. The summed E-state index contributed by atoms with van der Waals surface area (Å²) in [5.74, 6) is 0. The van der Waals surface area contributed by atoms with Gasteiger partial charge in [0.1, 0.15) is 0 Å². The Morgan fingerprint density at radius 1 is 1.45 bits per heavy atom. The normalized spacial score (nSPS) is 11.5. The van der Waals surface area contributed by atoms with Crippen molar-refractivity contribution in [1.82, 2.24) is 0 Å². The molecule has 0 rings (SSSR count). The molecule has 0 aromatic rings. The minimum absolute atomic E-state index is 1.10. The zero-order valence-corrected chi connectivity index (χ0v) is 8.16. The summed E-state index contributed by atoms with van der Waals surface area (Å²) < 4.78 is 0. The Hall–Kier alpha value is -0.430. The van der Waals surface area contributed by atoms with Gasteiger partial charge in [-0.3, -0.25) is 0 Å². The lowest BCUT2D eigenvalue weighted by molar-refractivity contribution is 0.959. The monoisotopic (exact) mass is 168 g/mol. The van der Waals surface area contributed by atoms with Gasteiger partial charge in [-0.2, -0.15) is 0 Å². The highest BCUT2D eigenvalue weighted by molar-refractivity contribution is 8.02. The second kappa shape index (κ2) is 7.67. The number of hydrogen-bond acceptors (Lipinski definition) is 1. The van der Waals surface area contributed by atoms with Crippen molar-refractivity contribution >= 4 is 11.8 Å². The molecule has 0 saturated carbocycles. The average molecular weight is 168 g/mol. The Bertz CT molecular complexity index is 154. The van der Waals surface area contributed by atoms with Gasteiger partial charge in [0, 0.05) is 0 Å². The number of thioether (sulfide) groups is 1. The minimum Gasteiger partial charge on any atom is -0.130 e. The molecule has 0 spiro atoms. The lowest BCUT2D eigenvalue weighted by Gasteiger charge is -1.87. The molecule has 0 aromatic heterocycles. The van der Waals surface area contributed by atoms with Crippen LogP contribution in [0.25, 0.3) is 0 Å². The van der Waals surface area contributed by atoms with Crippen LogP contribution in [0.3, 0.4) is 0 Å². The van der Waals surface area contributed by atoms with Crippen LogP contribution < -0.4 is 0 Å². The second-order valence-corrected chi connectivity index (χ2v) is 3.18. The van der Waals surface area contributed by atoms with Gasteiger partial charge in [-0.25, -0.2) is 0 Å². The molecule has 0 amide bonds. The van der Waals surface area contributed by atoms with Crippen LogP contribution in [0.4, 0.5) is 0 Å². The molecule has 0 aliphatic carbocycles. The Kier molecular flexibility index (Phi) is 7.37. The molecule has 0 atom stereocenters. The van der Waals surface area contributed by atoms with Gasteiger partial charge in [0.05, 0.1) is 0 Å². The minimum atomic E-state index is 1.10. The Labute approximate surface area is 74.1 Å². The molecular weight excluding hydrogens is 152 g/mol. The van der Waals surface area contributed by atoms with Crippen molar-refractivity contribution < 1.29 is 0 Å². The first-order chi connectivity index (χ1) is 5.31. The Morgan fingerprint density at radius 3 is 2.73 bits per heavy atom. The first-order valence-corrected chi connectivity index (χ1v) is 5.09. The van der Waals surface area contributed by atoms with Crippen LogP contribution in [0.5, 0.6) is 0 Å². The summed E-state index contributed by atoms with van der Waals surface area (Å²) in [6.07, 6.45) is 12.7. The number of allylic oxidation sites excluding steroid dienone is 4. The highest BCUT2D eigenvalue weighted by atomic mass is 32.2. The van der Waals surface area contributed by atoms with Crippen LogP contribution in [-0.2, 0) is 0 Å². The van der Waals surface area contributed by atoms with Crippen molar-refractivity contribution in [2.45, 2.75) is 19.8 Å². The van der Waals surface area contributed by atoms with Crippen LogP contribution in [-0.4, -0.2) is 6.26 Å². The van der Waals surface area contributed by atoms with Crippen LogP contribution in [0, 0.1) is 0 Å². The Morgan fingerprint density at radius 2 is 2.18 bits per heavy atom. The summed E-state index contributed by atoms with van der Waals surface area (Å²) in [4.78, 5) is 1.10. The van der Waals surface area contributed by atoms with Crippen LogP contribution in [0.15, 0.2) is 35.8 Å². The van der Waals surface area contributed by atoms with Crippen molar-refractivity contribution in [2.24, 2.45) is 0 Å². The first-order valence-electron chi connectivity index (χ1n) is 3.87. The quantitative estimate of drug-likeness (QED) is 0.563. The molecule has 1 heteroatoms. The van der Waals surface area contributed by atoms with E-state index in [2.05, 4.69) is 25.7 Å². The van der Waals surface area contributed by atoms with Crippen molar-refractivity contribution in [3.8, 4) is 0 Å². The molecule has 0 nitrogen and oxygen atoms in total. The summed E-state index contributed by atoms with van der Waals surface area (Å²) in [5, 5.41) is 0. The molecule has 62 valence electrons. The van der Waals surface area contributed by atoms with E-state index in [4.69, 9.17) is 0 Å². The van der Waals surface area contributed by atoms with E-state index in [1.165, 1.54) is 6.42 Å². The van der Waals surface area contributed by atoms with E-state index in [1.54, 1.807) is 11.8 Å². The summed E-state index contributed by atoms with van der Waals surface area (Å²) in [5.41, 5.74) is 0. The van der Waals surface area contributed by atoms with Crippen LogP contribution in [0.2, 0.25) is 0 Å². The maximum Gasteiger partial charge on any atom is -0.000285 e. The van der Waals surface area contributed by atoms with Crippen molar-refractivity contribution in [3.05, 3.63) is 35.8 Å². The van der Waals surface area contributed by atoms with Gasteiger partial charge in [-0.15, -0.1) is 11.8 Å². The van der Waals surface area contributed by atoms with Crippen LogP contribution >= 0.6 is 11.8 Å². The summed E-state index contributed by atoms with van der Waals surface area (Å²) in [6, 6.07) is 0. The maximum absolute atomic E-state index is 3.83. The van der Waals surface area contributed by atoms with Gasteiger partial charge in [-0.05, 0) is 23.7 Å². The molecule has 0 bridgehead atoms. The third-order valence-corrected chi connectivity index (χ3v) is 1.91. The third-order valence-electron chi connectivity index (χ3n) is 1.25. The van der Waals surface area contributed by atoms with E-state index in [0.29, 0.717) is 0 Å². The number of hydrogen-bond donors (Lipinski definition) is 0. The highest BCUT2D eigenvalue weighted by Crippen LogP contribution is 2.08. The standard InChI is InChI=1S/C10H16S/c1-4-5-6-7-8-9-10(2)11-3/h6-9H,2,4-5H2,1,3H3/b7-6-,9-8+. The van der Waals surface area contributed by atoms with Crippen molar-refractivity contribution in [1.29, 1.82) is 0 Å². The van der Waals surface area contributed by atoms with Crippen LogP contribution in [0.1, 0.15) is 19.8 Å². The van der Waals surface area contributed by atoms with Gasteiger partial charge in [0.2, 0.25) is 0 Å². The van der Waals surface area contributed by atoms with Gasteiger partial charge in [0.15, 0.2) is 0 Å². The fraction of sp³-hybridized carbons (Fsp3) is 0.400. The molecule has 0 aliphatic rings. The van der Waals surface area contributed by atoms with Gasteiger partial charge < -0.3 is 0 Å². The molecule has 0 N–H and O–H groups in total. The first kappa shape index (κ1) is 10.6. The number of unbranched alkanes of at least 4 members (excludes halogenated alkanes) is 1. The lowest BCUT2D eigenvalue weighted by atomic mass is 10.3. The molecule has 0 aromatic carbocycles. The van der Waals surface area contributed by atoms with Gasteiger partial charge >= 0.3 is 0 Å². The van der Waals surface area contributed by atoms with E-state index in [0.717, 1.165) is 11.3 Å². The largest absolute Gasteiger partial charge is 0.130 e. The predicted octanol–water partition coefficient (Wildman–Crippen LogP) is 3.78. The van der Waals surface area contributed by atoms with E-state index >= 15 is 0 Å². The average Bonchev–Trinajstić information content (AvgIpc) is 2.04. The summed E-state index contributed by atoms with van der Waals surface area (Å²) in [7, 11) is 0. The predicted molar refractivity (Wildman–Crippen MR) is 55.8 cm³/mol. The molecule has 0 unspecified atom stereocenters. The highest BCUT2D eigenvalue weighted by Gasteiger charge is 1.77. The second-order valence-electron chi connectivity index (χ2n) is 2.25. The van der Waals surface area contributed by atoms with E-state index in [1.807, 2.05) is 18.4 Å². The Balaban J connectivity index is 3.50. The molecule has 11 heavy (non-hydrogen) atoms. The molecule has 0 heterocycles. The smallest absolute Gasteiger partial charge is 0.000285 e. The molecule has 0 radical (unpaired) electrons. The zero-order valence-electron chi connectivity index (χ0n) is 7.34. The van der Waals surface area contributed by atoms with Gasteiger partial charge in [0.25, 0.3) is 0 Å². The molecular formula is C10H16S. The van der Waals surface area contributed by atoms with Crippen molar-refractivity contribution in [3.63, 3.8) is 0 Å². The SMILES string of the molecule is C=C(/C=C/C=C\CCC)SC.